The molecule has 2 aromatic heterocycles. The van der Waals surface area contributed by atoms with E-state index in [1.54, 1.807) is 25.1 Å². The number of rotatable bonds is 9. The smallest absolute Gasteiger partial charge is 0.347 e. The van der Waals surface area contributed by atoms with E-state index in [2.05, 4.69) is 0 Å². The number of hydrogen-bond donors (Lipinski definition) is 3. The number of benzene rings is 2. The maximum atomic E-state index is 14.1. The highest BCUT2D eigenvalue weighted by molar-refractivity contribution is 7.92. The van der Waals surface area contributed by atoms with E-state index < -0.39 is 29.2 Å². The first kappa shape index (κ1) is 28.1. The summed E-state index contributed by atoms with van der Waals surface area (Å²) in [5.74, 6) is -2.69. The molecule has 0 amide bonds. The lowest BCUT2D eigenvalue weighted by Crippen LogP contribution is -2.35. The highest BCUT2D eigenvalue weighted by Crippen LogP contribution is 2.51. The van der Waals surface area contributed by atoms with Crippen LogP contribution in [0.15, 0.2) is 65.1 Å². The van der Waals surface area contributed by atoms with Crippen LogP contribution < -0.4 is 14.0 Å². The monoisotopic (exact) mass is 596 g/mol. The van der Waals surface area contributed by atoms with Crippen LogP contribution in [0.3, 0.4) is 0 Å². The van der Waals surface area contributed by atoms with Crippen molar-refractivity contribution in [1.29, 1.82) is 5.26 Å². The van der Waals surface area contributed by atoms with Gasteiger partial charge in [0.05, 0.1) is 15.3 Å². The Labute approximate surface area is 226 Å². The Balaban J connectivity index is 1.64. The molecule has 0 saturated heterocycles. The van der Waals surface area contributed by atoms with Gasteiger partial charge in [0.1, 0.15) is 34.2 Å². The van der Waals surface area contributed by atoms with Crippen molar-refractivity contribution < 1.29 is 36.5 Å². The molecule has 2 aromatic carbocycles. The zero-order valence-electron chi connectivity index (χ0n) is 19.7. The minimum absolute atomic E-state index is 0.209. The number of aromatic nitrogens is 1. The van der Waals surface area contributed by atoms with E-state index in [9.17, 15) is 27.2 Å². The van der Waals surface area contributed by atoms with Crippen LogP contribution in [-0.4, -0.2) is 24.8 Å². The van der Waals surface area contributed by atoms with Gasteiger partial charge in [0.2, 0.25) is 0 Å². The van der Waals surface area contributed by atoms with Crippen LogP contribution in [0.25, 0.3) is 10.1 Å². The third kappa shape index (κ3) is 6.06. The first-order valence-corrected chi connectivity index (χ1v) is 15.3. The minimum atomic E-state index is -5.15. The van der Waals surface area contributed by atoms with Crippen molar-refractivity contribution in [1.82, 2.24) is 4.72 Å². The highest BCUT2D eigenvalue weighted by Gasteiger charge is 2.37. The molecule has 0 radical (unpaired) electrons. The molecule has 0 fully saturated rings. The molecule has 4 rings (SSSR count). The first-order valence-electron chi connectivity index (χ1n) is 11.0. The number of aryl methyl sites for hydroxylation is 1. The summed E-state index contributed by atoms with van der Waals surface area (Å²) in [6.45, 7) is 2.45. The quantitative estimate of drug-likeness (QED) is 0.192. The van der Waals surface area contributed by atoms with Gasteiger partial charge in [0, 0.05) is 23.6 Å². The van der Waals surface area contributed by atoms with Crippen LogP contribution in [0, 0.1) is 24.1 Å². The fourth-order valence-electron chi connectivity index (χ4n) is 3.75. The predicted molar refractivity (Wildman–Crippen MR) is 140 cm³/mol. The number of fused-ring (bicyclic) bond motifs is 1. The third-order valence-electron chi connectivity index (χ3n) is 5.59. The van der Waals surface area contributed by atoms with E-state index in [0.29, 0.717) is 34.6 Å². The van der Waals surface area contributed by atoms with Crippen molar-refractivity contribution in [3.63, 3.8) is 0 Å². The molecule has 1 atom stereocenters. The SMILES string of the molecule is Cc1c(S(=O)(=O)NC(c2ccc(C#N)c(F)c2)P(=O)(O)O)sc2c(Cl)cc(OCC[n+]3ccccc3)cc12. The molecular weight excluding hydrogens is 576 g/mol. The van der Waals surface area contributed by atoms with Gasteiger partial charge in [0.25, 0.3) is 10.0 Å². The van der Waals surface area contributed by atoms with Gasteiger partial charge in [-0.15, -0.1) is 11.3 Å². The van der Waals surface area contributed by atoms with Gasteiger partial charge in [-0.05, 0) is 36.2 Å². The molecule has 0 aliphatic rings. The molecule has 2 heterocycles. The lowest BCUT2D eigenvalue weighted by molar-refractivity contribution is -0.697. The number of sulfonamides is 1. The molecule has 4 aromatic rings. The number of nitrogens with zero attached hydrogens (tertiary/aromatic N) is 2. The summed E-state index contributed by atoms with van der Waals surface area (Å²) in [6, 6.07) is 13.3. The average Bonchev–Trinajstić information content (AvgIpc) is 3.20. The average molecular weight is 597 g/mol. The van der Waals surface area contributed by atoms with Crippen molar-refractivity contribution in [3.8, 4) is 11.8 Å². The Hall–Kier alpha value is -2.88. The first-order chi connectivity index (χ1) is 17.9. The Bertz CT molecular complexity index is 1700. The van der Waals surface area contributed by atoms with Crippen LogP contribution in [0.1, 0.15) is 22.5 Å². The van der Waals surface area contributed by atoms with Gasteiger partial charge < -0.3 is 14.5 Å². The molecule has 14 heteroatoms. The molecule has 9 nitrogen and oxygen atoms in total. The van der Waals surface area contributed by atoms with Crippen molar-refractivity contribution >= 4 is 50.6 Å². The molecule has 0 bridgehead atoms. The van der Waals surface area contributed by atoms with Crippen molar-refractivity contribution in [2.45, 2.75) is 23.5 Å². The normalized spacial score (nSPS) is 12.8. The summed E-state index contributed by atoms with van der Waals surface area (Å²) >= 11 is 7.26. The standard InChI is InChI=1S/C24H20ClFN3O6PS2/c1-15-19-12-18(35-10-9-29-7-3-2-4-8-29)13-20(25)22(19)37-24(15)38(33,34)28-23(36(30,31)32)16-5-6-17(14-27)21(26)11-16/h2-8,11-13,23,28H,9-10H2,1H3,(H-,30,31,32)/p+1. The molecule has 38 heavy (non-hydrogen) atoms. The number of halogens is 2. The van der Waals surface area contributed by atoms with Gasteiger partial charge in [-0.1, -0.05) is 23.7 Å². The van der Waals surface area contributed by atoms with Crippen molar-refractivity contribution in [2.24, 2.45) is 0 Å². The third-order valence-corrected chi connectivity index (χ3v) is 10.7. The summed E-state index contributed by atoms with van der Waals surface area (Å²) < 4.78 is 63.0. The van der Waals surface area contributed by atoms with E-state index in [-0.39, 0.29) is 20.4 Å². The fourth-order valence-corrected chi connectivity index (χ4v) is 8.40. The molecule has 3 N–H and O–H groups in total. The lowest BCUT2D eigenvalue weighted by Gasteiger charge is -2.20. The zero-order valence-corrected chi connectivity index (χ0v) is 23.0. The van der Waals surface area contributed by atoms with Gasteiger partial charge in [-0.25, -0.2) is 17.4 Å². The molecule has 1 unspecified atom stereocenters. The van der Waals surface area contributed by atoms with Gasteiger partial charge in [0.15, 0.2) is 18.9 Å². The van der Waals surface area contributed by atoms with Gasteiger partial charge in [-0.3, -0.25) is 4.57 Å². The topological polar surface area (TPSA) is 141 Å². The number of hydrogen-bond acceptors (Lipinski definition) is 6. The molecule has 198 valence electrons. The number of nitriles is 1. The summed E-state index contributed by atoms with van der Waals surface area (Å²) in [6.07, 6.45) is 3.79. The molecule has 0 aliphatic carbocycles. The van der Waals surface area contributed by atoms with E-state index >= 15 is 0 Å². The van der Waals surface area contributed by atoms with Crippen molar-refractivity contribution in [2.75, 3.05) is 6.61 Å². The van der Waals surface area contributed by atoms with Gasteiger partial charge >= 0.3 is 7.60 Å². The molecular formula is C24H21ClFN3O6PS2+. The second-order valence-electron chi connectivity index (χ2n) is 8.22. The Morgan fingerprint density at radius 3 is 2.58 bits per heavy atom. The Morgan fingerprint density at radius 1 is 1.24 bits per heavy atom. The molecule has 0 aliphatic heterocycles. The van der Waals surface area contributed by atoms with Crippen LogP contribution in [0.2, 0.25) is 5.02 Å². The number of nitrogens with one attached hydrogen (secondary N) is 1. The minimum Gasteiger partial charge on any atom is -0.487 e. The van der Waals surface area contributed by atoms with Crippen LogP contribution in [-0.2, 0) is 21.1 Å². The van der Waals surface area contributed by atoms with E-state index in [0.717, 1.165) is 29.5 Å². The largest absolute Gasteiger partial charge is 0.487 e. The highest BCUT2D eigenvalue weighted by atomic mass is 35.5. The summed E-state index contributed by atoms with van der Waals surface area (Å²) in [4.78, 5) is 19.7. The molecule has 0 spiro atoms. The van der Waals surface area contributed by atoms with E-state index in [1.165, 1.54) is 0 Å². The maximum absolute atomic E-state index is 14.1. The number of thiophene rings is 1. The summed E-state index contributed by atoms with van der Waals surface area (Å²) in [7, 11) is -9.65. The van der Waals surface area contributed by atoms with Crippen LogP contribution in [0.4, 0.5) is 4.39 Å². The maximum Gasteiger partial charge on any atom is 0.347 e. The summed E-state index contributed by atoms with van der Waals surface area (Å²) in [5.41, 5.74) is -0.378. The second kappa shape index (κ2) is 11.1. The van der Waals surface area contributed by atoms with Crippen molar-refractivity contribution in [3.05, 3.63) is 88.5 Å². The Morgan fingerprint density at radius 2 is 1.95 bits per heavy atom. The van der Waals surface area contributed by atoms with Gasteiger partial charge in [-0.2, -0.15) is 9.98 Å². The van der Waals surface area contributed by atoms with Crippen LogP contribution >= 0.6 is 30.5 Å². The predicted octanol–water partition coefficient (Wildman–Crippen LogP) is 4.40. The van der Waals surface area contributed by atoms with E-state index in [4.69, 9.17) is 21.6 Å². The summed E-state index contributed by atoms with van der Waals surface area (Å²) in [5, 5.41) is 9.66. The second-order valence-corrected chi connectivity index (χ2v) is 13.3. The fraction of sp³-hybridized carbons (Fsp3) is 0.167. The number of ether oxygens (including phenoxy) is 1. The lowest BCUT2D eigenvalue weighted by atomic mass is 10.1. The Kier molecular flexibility index (Phi) is 8.20. The van der Waals surface area contributed by atoms with Crippen LogP contribution in [0.5, 0.6) is 5.75 Å². The molecule has 0 saturated carbocycles. The van der Waals surface area contributed by atoms with E-state index in [1.807, 2.05) is 39.9 Å². The number of pyridine rings is 1. The zero-order chi connectivity index (χ0) is 27.7.